The minimum absolute atomic E-state index is 0.844. The molecule has 0 spiro atoms. The Labute approximate surface area is 205 Å². The molecule has 37 heavy (non-hydrogen) atoms. The van der Waals surface area contributed by atoms with Crippen molar-refractivity contribution in [2.24, 2.45) is 0 Å². The highest BCUT2D eigenvalue weighted by Crippen LogP contribution is 2.25. The summed E-state index contributed by atoms with van der Waals surface area (Å²) in [7, 11) is 0. The number of carboxylic acid groups (broad SMARTS) is 2. The molecule has 9 nitrogen and oxygen atoms in total. The molecule has 0 unspecified atom stereocenters. The Balaban J connectivity index is 0.000000286. The Morgan fingerprint density at radius 1 is 0.946 bits per heavy atom. The summed E-state index contributed by atoms with van der Waals surface area (Å²) in [6.45, 7) is 2.81. The predicted molar refractivity (Wildman–Crippen MR) is 114 cm³/mol. The van der Waals surface area contributed by atoms with Gasteiger partial charge < -0.3 is 14.6 Å². The van der Waals surface area contributed by atoms with Gasteiger partial charge in [-0.05, 0) is 30.7 Å². The quantitative estimate of drug-likeness (QED) is 0.479. The van der Waals surface area contributed by atoms with Gasteiger partial charge in [0, 0.05) is 48.7 Å². The molecule has 0 aliphatic carbocycles. The summed E-state index contributed by atoms with van der Waals surface area (Å²) < 4.78 is 68.9. The number of furan rings is 1. The first-order valence-corrected chi connectivity index (χ1v) is 10.4. The minimum Gasteiger partial charge on any atom is -0.475 e. The van der Waals surface area contributed by atoms with E-state index >= 15 is 0 Å². The molecular formula is C22H20F6N4O5. The molecule has 0 saturated heterocycles. The molecule has 15 heteroatoms. The number of rotatable bonds is 3. The Morgan fingerprint density at radius 3 is 2.08 bits per heavy atom. The van der Waals surface area contributed by atoms with Gasteiger partial charge in [-0.2, -0.15) is 26.3 Å². The van der Waals surface area contributed by atoms with E-state index in [0.29, 0.717) is 0 Å². The van der Waals surface area contributed by atoms with Crippen LogP contribution in [-0.2, 0) is 29.0 Å². The largest absolute Gasteiger partial charge is 0.490 e. The van der Waals surface area contributed by atoms with E-state index in [4.69, 9.17) is 24.2 Å². The van der Waals surface area contributed by atoms with Crippen LogP contribution in [0.15, 0.2) is 53.7 Å². The number of nitrogens with zero attached hydrogens (tertiary/aromatic N) is 4. The van der Waals surface area contributed by atoms with Gasteiger partial charge in [0.15, 0.2) is 0 Å². The fourth-order valence-electron chi connectivity index (χ4n) is 3.11. The molecule has 0 bridgehead atoms. The molecule has 0 atom stereocenters. The number of hydrogen-bond donors (Lipinski definition) is 2. The molecule has 3 aromatic heterocycles. The highest BCUT2D eigenvalue weighted by Gasteiger charge is 2.38. The smallest absolute Gasteiger partial charge is 0.475 e. The zero-order valence-corrected chi connectivity index (χ0v) is 18.8. The summed E-state index contributed by atoms with van der Waals surface area (Å²) in [5.74, 6) is -4.51. The van der Waals surface area contributed by atoms with Crippen LogP contribution in [0.25, 0.3) is 11.3 Å². The number of aromatic nitrogens is 3. The maximum Gasteiger partial charge on any atom is 0.490 e. The van der Waals surface area contributed by atoms with Crippen LogP contribution in [0.5, 0.6) is 0 Å². The average Bonchev–Trinajstić information content (AvgIpc) is 3.25. The van der Waals surface area contributed by atoms with Crippen molar-refractivity contribution >= 4 is 11.9 Å². The molecule has 1 aliphatic heterocycles. The van der Waals surface area contributed by atoms with Crippen LogP contribution in [0.3, 0.4) is 0 Å². The van der Waals surface area contributed by atoms with Crippen LogP contribution >= 0.6 is 0 Å². The third kappa shape index (κ3) is 9.51. The first kappa shape index (κ1) is 29.2. The van der Waals surface area contributed by atoms with E-state index < -0.39 is 24.3 Å². The van der Waals surface area contributed by atoms with Crippen LogP contribution < -0.4 is 0 Å². The zero-order chi connectivity index (χ0) is 27.6. The van der Waals surface area contributed by atoms with Gasteiger partial charge in [-0.25, -0.2) is 19.6 Å². The van der Waals surface area contributed by atoms with Gasteiger partial charge >= 0.3 is 24.3 Å². The van der Waals surface area contributed by atoms with Crippen molar-refractivity contribution in [3.63, 3.8) is 0 Å². The van der Waals surface area contributed by atoms with E-state index in [2.05, 4.69) is 25.9 Å². The summed E-state index contributed by atoms with van der Waals surface area (Å²) in [5.41, 5.74) is 4.48. The SMILES string of the molecule is O=C(O)C(F)(F)F.O=C(O)C(F)(F)F.c1cncc(-c2ncnc3c2CCN(Cc2ccco2)CC3)c1. The number of fused-ring (bicyclic) bond motifs is 1. The number of carboxylic acids is 2. The van der Waals surface area contributed by atoms with Crippen molar-refractivity contribution in [2.75, 3.05) is 13.1 Å². The number of carbonyl (C=O) groups is 2. The summed E-state index contributed by atoms with van der Waals surface area (Å²) in [6.07, 6.45) is -1.23. The number of halogens is 6. The molecule has 0 aromatic carbocycles. The molecule has 0 amide bonds. The van der Waals surface area contributed by atoms with Gasteiger partial charge in [-0.3, -0.25) is 9.88 Å². The Hall–Kier alpha value is -4.01. The third-order valence-corrected chi connectivity index (χ3v) is 4.76. The van der Waals surface area contributed by atoms with Crippen molar-refractivity contribution < 1.29 is 50.6 Å². The van der Waals surface area contributed by atoms with Crippen molar-refractivity contribution in [3.05, 3.63) is 66.3 Å². The van der Waals surface area contributed by atoms with E-state index in [0.717, 1.165) is 55.2 Å². The molecule has 200 valence electrons. The molecule has 3 aromatic rings. The van der Waals surface area contributed by atoms with Crippen LogP contribution in [-0.4, -0.2) is 67.4 Å². The number of hydrogen-bond acceptors (Lipinski definition) is 7. The van der Waals surface area contributed by atoms with E-state index in [1.54, 1.807) is 18.8 Å². The van der Waals surface area contributed by atoms with Gasteiger partial charge in [0.25, 0.3) is 0 Å². The van der Waals surface area contributed by atoms with Crippen molar-refractivity contribution in [2.45, 2.75) is 31.7 Å². The summed E-state index contributed by atoms with van der Waals surface area (Å²) >= 11 is 0. The fourth-order valence-corrected chi connectivity index (χ4v) is 3.11. The zero-order valence-electron chi connectivity index (χ0n) is 18.8. The lowest BCUT2D eigenvalue weighted by molar-refractivity contribution is -0.193. The monoisotopic (exact) mass is 534 g/mol. The first-order valence-electron chi connectivity index (χ1n) is 10.4. The lowest BCUT2D eigenvalue weighted by atomic mass is 10.0. The molecule has 1 aliphatic rings. The Morgan fingerprint density at radius 2 is 1.57 bits per heavy atom. The topological polar surface area (TPSA) is 130 Å². The second-order valence-corrected chi connectivity index (χ2v) is 7.35. The maximum absolute atomic E-state index is 10.6. The highest BCUT2D eigenvalue weighted by molar-refractivity contribution is 5.73. The Kier molecular flexibility index (Phi) is 10.1. The molecule has 0 radical (unpaired) electrons. The molecule has 0 fully saturated rings. The van der Waals surface area contributed by atoms with Crippen LogP contribution in [0, 0.1) is 0 Å². The lowest BCUT2D eigenvalue weighted by Gasteiger charge is -2.17. The van der Waals surface area contributed by atoms with E-state index in [1.807, 2.05) is 24.4 Å². The molecule has 2 N–H and O–H groups in total. The van der Waals surface area contributed by atoms with Gasteiger partial charge in [-0.15, -0.1) is 0 Å². The third-order valence-electron chi connectivity index (χ3n) is 4.76. The second kappa shape index (κ2) is 12.8. The van der Waals surface area contributed by atoms with E-state index in [1.165, 1.54) is 5.56 Å². The standard InChI is InChI=1S/C18H18N4O.2C2HF3O2/c1-3-14(11-19-7-1)18-16-5-8-22(12-15-4-2-10-23-15)9-6-17(16)20-13-21-18;2*3-2(4,5)1(6)7/h1-4,7,10-11,13H,5-6,8-9,12H2;2*(H,6,7). The van der Waals surface area contributed by atoms with Crippen LogP contribution in [0.1, 0.15) is 17.0 Å². The summed E-state index contributed by atoms with van der Waals surface area (Å²) in [6, 6.07) is 7.97. The molecule has 4 rings (SSSR count). The number of pyridine rings is 1. The fraction of sp³-hybridized carbons (Fsp3) is 0.318. The van der Waals surface area contributed by atoms with Gasteiger partial charge in [0.05, 0.1) is 18.5 Å². The number of alkyl halides is 6. The van der Waals surface area contributed by atoms with Gasteiger partial charge in [0.2, 0.25) is 0 Å². The van der Waals surface area contributed by atoms with Crippen LogP contribution in [0.4, 0.5) is 26.3 Å². The summed E-state index contributed by atoms with van der Waals surface area (Å²) in [5, 5.41) is 14.2. The van der Waals surface area contributed by atoms with Gasteiger partial charge in [0.1, 0.15) is 12.1 Å². The van der Waals surface area contributed by atoms with Crippen molar-refractivity contribution in [3.8, 4) is 11.3 Å². The molecule has 0 saturated carbocycles. The van der Waals surface area contributed by atoms with Crippen molar-refractivity contribution in [1.82, 2.24) is 19.9 Å². The van der Waals surface area contributed by atoms with Gasteiger partial charge in [-0.1, -0.05) is 0 Å². The Bertz CT molecular complexity index is 1130. The average molecular weight is 534 g/mol. The maximum atomic E-state index is 10.6. The second-order valence-electron chi connectivity index (χ2n) is 7.35. The lowest BCUT2D eigenvalue weighted by Crippen LogP contribution is -2.25. The van der Waals surface area contributed by atoms with E-state index in [9.17, 15) is 26.3 Å². The normalized spacial score (nSPS) is 13.7. The minimum atomic E-state index is -5.08. The summed E-state index contributed by atoms with van der Waals surface area (Å²) in [4.78, 5) is 33.4. The van der Waals surface area contributed by atoms with Crippen LogP contribution in [0.2, 0.25) is 0 Å². The number of aliphatic carboxylic acids is 2. The molecular weight excluding hydrogens is 514 g/mol. The van der Waals surface area contributed by atoms with Crippen molar-refractivity contribution in [1.29, 1.82) is 0 Å². The first-order chi connectivity index (χ1) is 17.3. The molecule has 4 heterocycles. The van der Waals surface area contributed by atoms with E-state index in [-0.39, 0.29) is 0 Å². The predicted octanol–water partition coefficient (Wildman–Crippen LogP) is 4.00. The highest BCUT2D eigenvalue weighted by atomic mass is 19.4.